The van der Waals surface area contributed by atoms with E-state index < -0.39 is 0 Å². The van der Waals surface area contributed by atoms with E-state index in [9.17, 15) is 4.79 Å². The van der Waals surface area contributed by atoms with Gasteiger partial charge in [-0.2, -0.15) is 0 Å². The van der Waals surface area contributed by atoms with Gasteiger partial charge in [-0.05, 0) is 49.9 Å². The fraction of sp³-hybridized carbons (Fsp3) is 0.500. The number of carbonyl (C=O) groups is 1. The normalized spacial score (nSPS) is 12.3. The molecule has 0 radical (unpaired) electrons. The van der Waals surface area contributed by atoms with Crippen LogP contribution in [0.25, 0.3) is 0 Å². The lowest BCUT2D eigenvalue weighted by Gasteiger charge is -2.11. The second-order valence-electron chi connectivity index (χ2n) is 4.85. The van der Waals surface area contributed by atoms with Crippen LogP contribution in [0.3, 0.4) is 0 Å². The maximum atomic E-state index is 11.8. The molecule has 0 aliphatic heterocycles. The van der Waals surface area contributed by atoms with E-state index in [0.717, 1.165) is 18.4 Å². The summed E-state index contributed by atoms with van der Waals surface area (Å²) in [4.78, 5) is 11.8. The molecule has 0 aromatic heterocycles. The number of benzene rings is 1. The van der Waals surface area contributed by atoms with Crippen LogP contribution in [0.5, 0.6) is 0 Å². The Bertz CT molecular complexity index is 449. The predicted octanol–water partition coefficient (Wildman–Crippen LogP) is 4.01. The molecule has 0 saturated carbocycles. The first-order valence-electron chi connectivity index (χ1n) is 6.39. The van der Waals surface area contributed by atoms with Crippen molar-refractivity contribution >= 4 is 34.8 Å². The zero-order chi connectivity index (χ0) is 14.4. The highest BCUT2D eigenvalue weighted by Gasteiger charge is 2.10. The molecule has 0 heterocycles. The van der Waals surface area contributed by atoms with Crippen molar-refractivity contribution < 1.29 is 4.79 Å². The minimum atomic E-state index is -0.0503. The van der Waals surface area contributed by atoms with Gasteiger partial charge in [0, 0.05) is 11.4 Å². The molecule has 3 N–H and O–H groups in total. The molecule has 1 atom stereocenters. The maximum absolute atomic E-state index is 11.8. The van der Waals surface area contributed by atoms with Crippen LogP contribution in [0.2, 0.25) is 10.0 Å². The highest BCUT2D eigenvalue weighted by Crippen LogP contribution is 2.29. The molecule has 5 heteroatoms. The summed E-state index contributed by atoms with van der Waals surface area (Å²) in [5.74, 6) is 0.401. The molecule has 0 aliphatic carbocycles. The van der Waals surface area contributed by atoms with Crippen LogP contribution in [-0.2, 0) is 4.79 Å². The van der Waals surface area contributed by atoms with Crippen molar-refractivity contribution in [1.82, 2.24) is 0 Å². The number of hydrogen-bond donors (Lipinski definition) is 2. The molecule has 3 nitrogen and oxygen atoms in total. The summed E-state index contributed by atoms with van der Waals surface area (Å²) >= 11 is 12.1. The Labute approximate surface area is 124 Å². The van der Waals surface area contributed by atoms with Crippen LogP contribution >= 0.6 is 23.2 Å². The van der Waals surface area contributed by atoms with Crippen LogP contribution in [0.1, 0.15) is 31.7 Å². The second kappa shape index (κ2) is 7.73. The Morgan fingerprint density at radius 1 is 1.32 bits per heavy atom. The standard InChI is InChI=1S/C14H20Cl2N2O/c1-9(5-6-17)3-4-14(19)18-13-8-11(15)10(2)7-12(13)16/h7-9H,3-6,17H2,1-2H3,(H,18,19). The van der Waals surface area contributed by atoms with E-state index in [1.807, 2.05) is 6.92 Å². The van der Waals surface area contributed by atoms with Gasteiger partial charge in [-0.25, -0.2) is 0 Å². The maximum Gasteiger partial charge on any atom is 0.224 e. The number of anilines is 1. The summed E-state index contributed by atoms with van der Waals surface area (Å²) in [5.41, 5.74) is 6.93. The molecular weight excluding hydrogens is 283 g/mol. The van der Waals surface area contributed by atoms with Crippen LogP contribution in [0.15, 0.2) is 12.1 Å². The molecule has 0 bridgehead atoms. The molecule has 0 aliphatic rings. The Hall–Kier alpha value is -0.770. The minimum absolute atomic E-state index is 0.0503. The number of aryl methyl sites for hydroxylation is 1. The summed E-state index contributed by atoms with van der Waals surface area (Å²) in [6, 6.07) is 3.43. The lowest BCUT2D eigenvalue weighted by atomic mass is 10.0. The van der Waals surface area contributed by atoms with Gasteiger partial charge in [-0.15, -0.1) is 0 Å². The van der Waals surface area contributed by atoms with Crippen molar-refractivity contribution in [3.05, 3.63) is 27.7 Å². The molecule has 1 amide bonds. The average molecular weight is 303 g/mol. The summed E-state index contributed by atoms with van der Waals surface area (Å²) in [6.45, 7) is 4.62. The van der Waals surface area contributed by atoms with Crippen LogP contribution in [0, 0.1) is 12.8 Å². The Morgan fingerprint density at radius 2 is 2.00 bits per heavy atom. The van der Waals surface area contributed by atoms with Gasteiger partial charge < -0.3 is 11.1 Å². The van der Waals surface area contributed by atoms with Gasteiger partial charge in [0.05, 0.1) is 10.7 Å². The highest BCUT2D eigenvalue weighted by molar-refractivity contribution is 6.36. The highest BCUT2D eigenvalue weighted by atomic mass is 35.5. The van der Waals surface area contributed by atoms with Crippen molar-refractivity contribution in [3.8, 4) is 0 Å². The fourth-order valence-corrected chi connectivity index (χ4v) is 2.19. The van der Waals surface area contributed by atoms with E-state index >= 15 is 0 Å². The molecule has 0 fully saturated rings. The smallest absolute Gasteiger partial charge is 0.224 e. The van der Waals surface area contributed by atoms with Gasteiger partial charge in [-0.3, -0.25) is 4.79 Å². The Balaban J connectivity index is 2.55. The molecule has 106 valence electrons. The number of hydrogen-bond acceptors (Lipinski definition) is 2. The number of amides is 1. The molecule has 0 spiro atoms. The third-order valence-corrected chi connectivity index (χ3v) is 3.77. The molecule has 1 aromatic carbocycles. The topological polar surface area (TPSA) is 55.1 Å². The number of nitrogens with one attached hydrogen (secondary N) is 1. The Morgan fingerprint density at radius 3 is 2.63 bits per heavy atom. The first-order valence-corrected chi connectivity index (χ1v) is 7.15. The third-order valence-electron chi connectivity index (χ3n) is 3.05. The first kappa shape index (κ1) is 16.3. The molecule has 0 saturated heterocycles. The predicted molar refractivity (Wildman–Crippen MR) is 81.9 cm³/mol. The van der Waals surface area contributed by atoms with Crippen LogP contribution in [0.4, 0.5) is 5.69 Å². The fourth-order valence-electron chi connectivity index (χ4n) is 1.76. The number of nitrogens with two attached hydrogens (primary N) is 1. The second-order valence-corrected chi connectivity index (χ2v) is 5.67. The summed E-state index contributed by atoms with van der Waals surface area (Å²) < 4.78 is 0. The van der Waals surface area contributed by atoms with Crippen molar-refractivity contribution in [2.45, 2.75) is 33.1 Å². The number of halogens is 2. The van der Waals surface area contributed by atoms with Gasteiger partial charge in [-0.1, -0.05) is 30.1 Å². The van der Waals surface area contributed by atoms with Crippen LogP contribution < -0.4 is 11.1 Å². The van der Waals surface area contributed by atoms with Crippen molar-refractivity contribution in [1.29, 1.82) is 0 Å². The Kier molecular flexibility index (Phi) is 6.63. The van der Waals surface area contributed by atoms with Crippen molar-refractivity contribution in [3.63, 3.8) is 0 Å². The van der Waals surface area contributed by atoms with Gasteiger partial charge in [0.15, 0.2) is 0 Å². The monoisotopic (exact) mass is 302 g/mol. The summed E-state index contributed by atoms with van der Waals surface area (Å²) in [6.07, 6.45) is 2.22. The largest absolute Gasteiger partial charge is 0.330 e. The van der Waals surface area contributed by atoms with Crippen molar-refractivity contribution in [2.75, 3.05) is 11.9 Å². The van der Waals surface area contributed by atoms with E-state index in [1.165, 1.54) is 0 Å². The lowest BCUT2D eigenvalue weighted by molar-refractivity contribution is -0.116. The first-order chi connectivity index (χ1) is 8.93. The zero-order valence-corrected chi connectivity index (χ0v) is 12.8. The number of carbonyl (C=O) groups excluding carboxylic acids is 1. The average Bonchev–Trinajstić information content (AvgIpc) is 2.34. The van der Waals surface area contributed by atoms with E-state index in [0.29, 0.717) is 34.6 Å². The summed E-state index contributed by atoms with van der Waals surface area (Å²) in [5, 5.41) is 3.89. The number of rotatable bonds is 6. The van der Waals surface area contributed by atoms with E-state index in [-0.39, 0.29) is 5.91 Å². The van der Waals surface area contributed by atoms with Gasteiger partial charge in [0.1, 0.15) is 0 Å². The van der Waals surface area contributed by atoms with Gasteiger partial charge in [0.25, 0.3) is 0 Å². The van der Waals surface area contributed by atoms with E-state index in [1.54, 1.807) is 12.1 Å². The van der Waals surface area contributed by atoms with Crippen molar-refractivity contribution in [2.24, 2.45) is 11.7 Å². The lowest BCUT2D eigenvalue weighted by Crippen LogP contribution is -2.14. The zero-order valence-electron chi connectivity index (χ0n) is 11.3. The third kappa shape index (κ3) is 5.39. The van der Waals surface area contributed by atoms with E-state index in [2.05, 4.69) is 12.2 Å². The summed E-state index contributed by atoms with van der Waals surface area (Å²) in [7, 11) is 0. The SMILES string of the molecule is Cc1cc(Cl)c(NC(=O)CCC(C)CCN)cc1Cl. The molecule has 1 rings (SSSR count). The minimum Gasteiger partial charge on any atom is -0.330 e. The molecule has 19 heavy (non-hydrogen) atoms. The molecule has 1 aromatic rings. The molecular formula is C14H20Cl2N2O. The molecule has 1 unspecified atom stereocenters. The van der Waals surface area contributed by atoms with E-state index in [4.69, 9.17) is 28.9 Å². The van der Waals surface area contributed by atoms with Gasteiger partial charge in [0.2, 0.25) is 5.91 Å². The quantitative estimate of drug-likeness (QED) is 0.834. The van der Waals surface area contributed by atoms with Crippen LogP contribution in [-0.4, -0.2) is 12.5 Å². The van der Waals surface area contributed by atoms with Gasteiger partial charge >= 0.3 is 0 Å².